The van der Waals surface area contributed by atoms with Gasteiger partial charge in [-0.25, -0.2) is 4.79 Å². The van der Waals surface area contributed by atoms with Gasteiger partial charge in [0.25, 0.3) is 11.8 Å². The number of imide groups is 1. The van der Waals surface area contributed by atoms with Crippen LogP contribution < -0.4 is 0 Å². The number of carboxylic acid groups (broad SMARTS) is 1. The molecule has 1 heterocycles. The lowest BCUT2D eigenvalue weighted by molar-refractivity contribution is 0.0567. The van der Waals surface area contributed by atoms with Crippen LogP contribution in [0.25, 0.3) is 0 Å². The number of rotatable bonds is 5. The summed E-state index contributed by atoms with van der Waals surface area (Å²) >= 11 is 0. The van der Waals surface area contributed by atoms with E-state index in [1.165, 1.54) is 11.9 Å². The number of fused-ring (bicyclic) bond motifs is 1. The SMILES string of the molecule is CN(CCC(c1ccccc1)N1C(=O)c2ccccc2C1=O)C(=O)O. The molecule has 0 saturated carbocycles. The molecule has 0 spiro atoms. The fraction of sp³-hybridized carbons (Fsp3) is 0.211. The van der Waals surface area contributed by atoms with Gasteiger partial charge in [0.05, 0.1) is 17.2 Å². The highest BCUT2D eigenvalue weighted by molar-refractivity contribution is 6.21. The minimum Gasteiger partial charge on any atom is -0.465 e. The van der Waals surface area contributed by atoms with Crippen molar-refractivity contribution in [2.75, 3.05) is 13.6 Å². The second-order valence-corrected chi connectivity index (χ2v) is 5.95. The number of hydrogen-bond acceptors (Lipinski definition) is 3. The first-order valence-electron chi connectivity index (χ1n) is 7.96. The van der Waals surface area contributed by atoms with Gasteiger partial charge in [-0.3, -0.25) is 14.5 Å². The Balaban J connectivity index is 1.94. The first-order valence-corrected chi connectivity index (χ1v) is 7.96. The summed E-state index contributed by atoms with van der Waals surface area (Å²) in [5, 5.41) is 9.06. The average Bonchev–Trinajstić information content (AvgIpc) is 2.88. The third kappa shape index (κ3) is 3.10. The number of hydrogen-bond donors (Lipinski definition) is 1. The highest BCUT2D eigenvalue weighted by Crippen LogP contribution is 2.33. The van der Waals surface area contributed by atoms with Crippen molar-refractivity contribution in [1.29, 1.82) is 0 Å². The molecule has 0 aromatic heterocycles. The van der Waals surface area contributed by atoms with E-state index < -0.39 is 12.1 Å². The van der Waals surface area contributed by atoms with E-state index in [0.29, 0.717) is 17.5 Å². The van der Waals surface area contributed by atoms with Crippen LogP contribution in [-0.4, -0.2) is 46.4 Å². The second kappa shape index (κ2) is 6.76. The lowest BCUT2D eigenvalue weighted by Gasteiger charge is -2.28. The molecule has 6 nitrogen and oxygen atoms in total. The molecule has 0 saturated heterocycles. The molecule has 3 rings (SSSR count). The minimum absolute atomic E-state index is 0.211. The predicted molar refractivity (Wildman–Crippen MR) is 91.4 cm³/mol. The lowest BCUT2D eigenvalue weighted by atomic mass is 10.0. The monoisotopic (exact) mass is 338 g/mol. The Hall–Kier alpha value is -3.15. The Labute approximate surface area is 145 Å². The van der Waals surface area contributed by atoms with Crippen LogP contribution in [-0.2, 0) is 0 Å². The summed E-state index contributed by atoms with van der Waals surface area (Å²) in [5.74, 6) is -0.681. The molecule has 0 bridgehead atoms. The van der Waals surface area contributed by atoms with Crippen LogP contribution in [0.1, 0.15) is 38.7 Å². The van der Waals surface area contributed by atoms with E-state index in [-0.39, 0.29) is 18.4 Å². The molecule has 1 N–H and O–H groups in total. The van der Waals surface area contributed by atoms with Gasteiger partial charge in [-0.2, -0.15) is 0 Å². The second-order valence-electron chi connectivity index (χ2n) is 5.95. The smallest absolute Gasteiger partial charge is 0.407 e. The van der Waals surface area contributed by atoms with Crippen molar-refractivity contribution in [3.63, 3.8) is 0 Å². The molecule has 0 radical (unpaired) electrons. The number of carbonyl (C=O) groups excluding carboxylic acids is 2. The van der Waals surface area contributed by atoms with Gasteiger partial charge in [-0.05, 0) is 24.1 Å². The van der Waals surface area contributed by atoms with Crippen molar-refractivity contribution in [2.24, 2.45) is 0 Å². The van der Waals surface area contributed by atoms with Gasteiger partial charge in [0.2, 0.25) is 0 Å². The molecule has 128 valence electrons. The van der Waals surface area contributed by atoms with Crippen molar-refractivity contribution in [2.45, 2.75) is 12.5 Å². The Morgan fingerprint density at radius 2 is 1.52 bits per heavy atom. The molecule has 2 aromatic rings. The van der Waals surface area contributed by atoms with Gasteiger partial charge in [-0.1, -0.05) is 42.5 Å². The topological polar surface area (TPSA) is 77.9 Å². The average molecular weight is 338 g/mol. The van der Waals surface area contributed by atoms with Crippen LogP contribution in [0.3, 0.4) is 0 Å². The number of carbonyl (C=O) groups is 3. The van der Waals surface area contributed by atoms with Crippen LogP contribution >= 0.6 is 0 Å². The molecule has 0 fully saturated rings. The number of benzene rings is 2. The van der Waals surface area contributed by atoms with E-state index in [1.807, 2.05) is 30.3 Å². The highest BCUT2D eigenvalue weighted by atomic mass is 16.4. The Kier molecular flexibility index (Phi) is 4.52. The normalized spacial score (nSPS) is 14.4. The maximum Gasteiger partial charge on any atom is 0.407 e. The van der Waals surface area contributed by atoms with E-state index in [4.69, 9.17) is 5.11 Å². The first kappa shape index (κ1) is 16.7. The molecule has 1 unspecified atom stereocenters. The van der Waals surface area contributed by atoms with Gasteiger partial charge in [0.1, 0.15) is 0 Å². The summed E-state index contributed by atoms with van der Waals surface area (Å²) in [7, 11) is 1.47. The molecule has 2 aromatic carbocycles. The minimum atomic E-state index is -1.05. The van der Waals surface area contributed by atoms with Crippen molar-refractivity contribution in [3.8, 4) is 0 Å². The van der Waals surface area contributed by atoms with E-state index in [9.17, 15) is 14.4 Å². The zero-order chi connectivity index (χ0) is 18.0. The summed E-state index contributed by atoms with van der Waals surface area (Å²) in [5.41, 5.74) is 1.58. The molecule has 0 aliphatic carbocycles. The Morgan fingerprint density at radius 1 is 1.00 bits per heavy atom. The predicted octanol–water partition coefficient (Wildman–Crippen LogP) is 3.02. The molecular weight excluding hydrogens is 320 g/mol. The Bertz CT molecular complexity index is 784. The number of nitrogens with zero attached hydrogens (tertiary/aromatic N) is 2. The summed E-state index contributed by atoms with van der Waals surface area (Å²) in [6, 6.07) is 15.4. The van der Waals surface area contributed by atoms with Gasteiger partial charge in [0, 0.05) is 13.6 Å². The van der Waals surface area contributed by atoms with Crippen LogP contribution in [0.2, 0.25) is 0 Å². The summed E-state index contributed by atoms with van der Waals surface area (Å²) in [4.78, 5) is 39.0. The van der Waals surface area contributed by atoms with Gasteiger partial charge >= 0.3 is 6.09 Å². The highest BCUT2D eigenvalue weighted by Gasteiger charge is 2.40. The fourth-order valence-corrected chi connectivity index (χ4v) is 3.02. The van der Waals surface area contributed by atoms with Crippen molar-refractivity contribution in [1.82, 2.24) is 9.80 Å². The molecular formula is C19H18N2O4. The fourth-order valence-electron chi connectivity index (χ4n) is 3.02. The van der Waals surface area contributed by atoms with Crippen LogP contribution in [0.5, 0.6) is 0 Å². The van der Waals surface area contributed by atoms with Crippen molar-refractivity contribution < 1.29 is 19.5 Å². The lowest BCUT2D eigenvalue weighted by Crippen LogP contribution is -2.37. The van der Waals surface area contributed by atoms with Gasteiger partial charge in [-0.15, -0.1) is 0 Å². The molecule has 3 amide bonds. The van der Waals surface area contributed by atoms with Gasteiger partial charge < -0.3 is 10.0 Å². The van der Waals surface area contributed by atoms with E-state index in [0.717, 1.165) is 10.5 Å². The molecule has 6 heteroatoms. The summed E-state index contributed by atoms with van der Waals surface area (Å²) < 4.78 is 0. The molecule has 1 aliphatic heterocycles. The van der Waals surface area contributed by atoms with E-state index in [2.05, 4.69) is 0 Å². The number of amides is 3. The van der Waals surface area contributed by atoms with Crippen molar-refractivity contribution >= 4 is 17.9 Å². The summed E-state index contributed by atoms with van der Waals surface area (Å²) in [6.45, 7) is 0.211. The van der Waals surface area contributed by atoms with Gasteiger partial charge in [0.15, 0.2) is 0 Å². The zero-order valence-electron chi connectivity index (χ0n) is 13.8. The third-order valence-corrected chi connectivity index (χ3v) is 4.39. The maximum atomic E-state index is 12.8. The maximum absolute atomic E-state index is 12.8. The van der Waals surface area contributed by atoms with E-state index in [1.54, 1.807) is 24.3 Å². The third-order valence-electron chi connectivity index (χ3n) is 4.39. The van der Waals surface area contributed by atoms with Crippen LogP contribution in [0, 0.1) is 0 Å². The van der Waals surface area contributed by atoms with Crippen LogP contribution in [0.15, 0.2) is 54.6 Å². The van der Waals surface area contributed by atoms with Crippen LogP contribution in [0.4, 0.5) is 4.79 Å². The molecule has 25 heavy (non-hydrogen) atoms. The first-order chi connectivity index (χ1) is 12.0. The quantitative estimate of drug-likeness (QED) is 0.850. The molecule has 1 aliphatic rings. The zero-order valence-corrected chi connectivity index (χ0v) is 13.8. The Morgan fingerprint density at radius 3 is 2.04 bits per heavy atom. The standard InChI is InChI=1S/C19H18N2O4/c1-20(19(24)25)12-11-16(13-7-3-2-4-8-13)21-17(22)14-9-5-6-10-15(14)18(21)23/h2-10,16H,11-12H2,1H3,(H,24,25). The largest absolute Gasteiger partial charge is 0.465 e. The van der Waals surface area contributed by atoms with E-state index >= 15 is 0 Å². The summed E-state index contributed by atoms with van der Waals surface area (Å²) in [6.07, 6.45) is -0.715. The van der Waals surface area contributed by atoms with Crippen molar-refractivity contribution in [3.05, 3.63) is 71.3 Å². The molecule has 1 atom stereocenters.